The molecule has 1 rings (SSSR count). The van der Waals surface area contributed by atoms with E-state index >= 15 is 0 Å². The minimum absolute atomic E-state index is 0.241. The Kier molecular flexibility index (Phi) is 7.01. The number of hydrogen-bond donors (Lipinski definition) is 2. The lowest BCUT2D eigenvalue weighted by Gasteiger charge is -2.24. The molecule has 0 aromatic rings. The number of thioether (sulfide) groups is 1. The number of aliphatic carboxylic acids is 1. The van der Waals surface area contributed by atoms with E-state index in [2.05, 4.69) is 5.32 Å². The second-order valence-electron chi connectivity index (χ2n) is 4.54. The van der Waals surface area contributed by atoms with Gasteiger partial charge in [-0.25, -0.2) is 9.59 Å². The van der Waals surface area contributed by atoms with Gasteiger partial charge in [0.1, 0.15) is 6.04 Å². The van der Waals surface area contributed by atoms with Gasteiger partial charge in [0.2, 0.25) is 0 Å². The fourth-order valence-corrected chi connectivity index (χ4v) is 2.22. The monoisotopic (exact) mass is 290 g/mol. The molecule has 19 heavy (non-hydrogen) atoms. The summed E-state index contributed by atoms with van der Waals surface area (Å²) in [5.41, 5.74) is 0. The van der Waals surface area contributed by atoms with E-state index in [1.165, 1.54) is 0 Å². The first kappa shape index (κ1) is 16.1. The molecule has 0 aromatic carbocycles. The summed E-state index contributed by atoms with van der Waals surface area (Å²) in [6, 6.07) is -0.873. The highest BCUT2D eigenvalue weighted by Crippen LogP contribution is 2.26. The maximum atomic E-state index is 12.1. The third kappa shape index (κ3) is 5.69. The van der Waals surface area contributed by atoms with E-state index in [0.29, 0.717) is 25.3 Å². The SMILES string of the molecule is COCCN(C(=O)NC(CCSC)C(=O)O)C1CC1. The molecule has 0 heterocycles. The maximum Gasteiger partial charge on any atom is 0.326 e. The average Bonchev–Trinajstić information content (AvgIpc) is 3.19. The van der Waals surface area contributed by atoms with Crippen LogP contribution in [-0.2, 0) is 9.53 Å². The molecule has 0 spiro atoms. The van der Waals surface area contributed by atoms with Gasteiger partial charge in [-0.2, -0.15) is 11.8 Å². The van der Waals surface area contributed by atoms with Crippen molar-refractivity contribution < 1.29 is 19.4 Å². The van der Waals surface area contributed by atoms with Crippen molar-refractivity contribution in [2.24, 2.45) is 0 Å². The van der Waals surface area contributed by atoms with Gasteiger partial charge in [-0.05, 0) is 31.3 Å². The van der Waals surface area contributed by atoms with Crippen molar-refractivity contribution in [3.8, 4) is 0 Å². The quantitative estimate of drug-likeness (QED) is 0.662. The van der Waals surface area contributed by atoms with Crippen LogP contribution in [0.5, 0.6) is 0 Å². The van der Waals surface area contributed by atoms with Gasteiger partial charge < -0.3 is 20.1 Å². The average molecular weight is 290 g/mol. The Balaban J connectivity index is 2.49. The maximum absolute atomic E-state index is 12.1. The Labute approximate surface area is 117 Å². The Morgan fingerprint density at radius 2 is 2.21 bits per heavy atom. The van der Waals surface area contributed by atoms with Crippen molar-refractivity contribution in [3.05, 3.63) is 0 Å². The predicted molar refractivity (Wildman–Crippen MR) is 74.6 cm³/mol. The predicted octanol–water partition coefficient (Wildman–Crippen LogP) is 1.01. The van der Waals surface area contributed by atoms with Gasteiger partial charge in [0.15, 0.2) is 0 Å². The number of methoxy groups -OCH3 is 1. The first-order chi connectivity index (χ1) is 9.10. The highest BCUT2D eigenvalue weighted by atomic mass is 32.2. The summed E-state index contributed by atoms with van der Waals surface area (Å²) in [5, 5.41) is 11.7. The number of hydrogen-bond acceptors (Lipinski definition) is 4. The normalized spacial score (nSPS) is 15.9. The van der Waals surface area contributed by atoms with E-state index in [-0.39, 0.29) is 12.1 Å². The van der Waals surface area contributed by atoms with Crippen LogP contribution in [0.15, 0.2) is 0 Å². The molecule has 6 nitrogen and oxygen atoms in total. The van der Waals surface area contributed by atoms with Crippen molar-refractivity contribution in [1.82, 2.24) is 10.2 Å². The van der Waals surface area contributed by atoms with Gasteiger partial charge >= 0.3 is 12.0 Å². The Morgan fingerprint density at radius 3 is 2.68 bits per heavy atom. The molecule has 0 aliphatic heterocycles. The molecular weight excluding hydrogens is 268 g/mol. The molecule has 1 atom stereocenters. The van der Waals surface area contributed by atoms with E-state index < -0.39 is 12.0 Å². The molecule has 1 fully saturated rings. The van der Waals surface area contributed by atoms with E-state index in [9.17, 15) is 9.59 Å². The standard InChI is InChI=1S/C12H22N2O4S/c1-18-7-6-14(9-3-4-9)12(17)13-10(11(15)16)5-8-19-2/h9-10H,3-8H2,1-2H3,(H,13,17)(H,15,16). The van der Waals surface area contributed by atoms with Crippen molar-refractivity contribution in [3.63, 3.8) is 0 Å². The molecule has 0 aromatic heterocycles. The van der Waals surface area contributed by atoms with E-state index in [0.717, 1.165) is 12.8 Å². The number of carboxylic acids is 1. The zero-order valence-corrected chi connectivity index (χ0v) is 12.2. The van der Waals surface area contributed by atoms with Crippen LogP contribution in [0.1, 0.15) is 19.3 Å². The van der Waals surface area contributed by atoms with Crippen LogP contribution in [0.2, 0.25) is 0 Å². The molecule has 1 saturated carbocycles. The van der Waals surface area contributed by atoms with Crippen molar-refractivity contribution >= 4 is 23.8 Å². The van der Waals surface area contributed by atoms with Crippen molar-refractivity contribution in [2.45, 2.75) is 31.3 Å². The zero-order chi connectivity index (χ0) is 14.3. The second-order valence-corrected chi connectivity index (χ2v) is 5.52. The third-order valence-electron chi connectivity index (χ3n) is 2.99. The number of urea groups is 1. The van der Waals surface area contributed by atoms with Gasteiger partial charge in [-0.3, -0.25) is 0 Å². The van der Waals surface area contributed by atoms with Crippen LogP contribution >= 0.6 is 11.8 Å². The molecule has 110 valence electrons. The van der Waals surface area contributed by atoms with Crippen LogP contribution in [0.25, 0.3) is 0 Å². The Morgan fingerprint density at radius 1 is 1.53 bits per heavy atom. The largest absolute Gasteiger partial charge is 0.480 e. The van der Waals surface area contributed by atoms with Gasteiger partial charge in [0.05, 0.1) is 6.61 Å². The van der Waals surface area contributed by atoms with Gasteiger partial charge in [0, 0.05) is 19.7 Å². The number of nitrogens with one attached hydrogen (secondary N) is 1. The van der Waals surface area contributed by atoms with E-state index in [1.807, 2.05) is 6.26 Å². The second kappa shape index (κ2) is 8.27. The summed E-state index contributed by atoms with van der Waals surface area (Å²) >= 11 is 1.57. The van der Waals surface area contributed by atoms with Gasteiger partial charge in [0.25, 0.3) is 0 Å². The van der Waals surface area contributed by atoms with Crippen LogP contribution in [0.4, 0.5) is 4.79 Å². The number of amides is 2. The molecule has 0 saturated heterocycles. The smallest absolute Gasteiger partial charge is 0.326 e. The number of nitrogens with zero attached hydrogens (tertiary/aromatic N) is 1. The van der Waals surface area contributed by atoms with Crippen LogP contribution in [0.3, 0.4) is 0 Å². The molecule has 2 N–H and O–H groups in total. The topological polar surface area (TPSA) is 78.9 Å². The summed E-state index contributed by atoms with van der Waals surface area (Å²) < 4.78 is 4.98. The number of carbonyl (C=O) groups is 2. The van der Waals surface area contributed by atoms with Gasteiger partial charge in [-0.15, -0.1) is 0 Å². The molecule has 1 unspecified atom stereocenters. The highest BCUT2D eigenvalue weighted by molar-refractivity contribution is 7.98. The number of carboxylic acid groups (broad SMARTS) is 1. The summed E-state index contributed by atoms with van der Waals surface area (Å²) in [6.45, 7) is 0.967. The summed E-state index contributed by atoms with van der Waals surface area (Å²) in [5.74, 6) is -0.274. The molecule has 0 bridgehead atoms. The van der Waals surface area contributed by atoms with Crippen molar-refractivity contribution in [2.75, 3.05) is 32.3 Å². The number of ether oxygens (including phenoxy) is 1. The lowest BCUT2D eigenvalue weighted by atomic mass is 10.2. The fraction of sp³-hybridized carbons (Fsp3) is 0.833. The minimum atomic E-state index is -0.982. The molecule has 0 radical (unpaired) electrons. The third-order valence-corrected chi connectivity index (χ3v) is 3.64. The molecular formula is C12H22N2O4S. The van der Waals surface area contributed by atoms with Gasteiger partial charge in [-0.1, -0.05) is 0 Å². The molecule has 1 aliphatic rings. The summed E-state index contributed by atoms with van der Waals surface area (Å²) in [4.78, 5) is 24.9. The Hall–Kier alpha value is -0.950. The molecule has 1 aliphatic carbocycles. The lowest BCUT2D eigenvalue weighted by Crippen LogP contribution is -2.49. The van der Waals surface area contributed by atoms with E-state index in [4.69, 9.17) is 9.84 Å². The Bertz CT molecular complexity index is 310. The highest BCUT2D eigenvalue weighted by Gasteiger charge is 2.33. The van der Waals surface area contributed by atoms with Crippen LogP contribution in [0, 0.1) is 0 Å². The summed E-state index contributed by atoms with van der Waals surface area (Å²) in [7, 11) is 1.58. The van der Waals surface area contributed by atoms with Crippen molar-refractivity contribution in [1.29, 1.82) is 0 Å². The molecule has 2 amide bonds. The minimum Gasteiger partial charge on any atom is -0.480 e. The lowest BCUT2D eigenvalue weighted by molar-refractivity contribution is -0.139. The first-order valence-corrected chi connectivity index (χ1v) is 7.77. The first-order valence-electron chi connectivity index (χ1n) is 6.38. The number of carbonyl (C=O) groups excluding carboxylic acids is 1. The molecule has 7 heteroatoms. The fourth-order valence-electron chi connectivity index (χ4n) is 1.75. The zero-order valence-electron chi connectivity index (χ0n) is 11.4. The van der Waals surface area contributed by atoms with Crippen LogP contribution < -0.4 is 5.32 Å². The van der Waals surface area contributed by atoms with E-state index in [1.54, 1.807) is 23.8 Å². The van der Waals surface area contributed by atoms with Crippen LogP contribution in [-0.4, -0.2) is 66.4 Å². The summed E-state index contributed by atoms with van der Waals surface area (Å²) in [6.07, 6.45) is 4.32. The number of rotatable bonds is 9.